The third kappa shape index (κ3) is 8.66. The Bertz CT molecular complexity index is 432. The summed E-state index contributed by atoms with van der Waals surface area (Å²) in [7, 11) is 0. The number of aliphatic hydroxyl groups is 3. The summed E-state index contributed by atoms with van der Waals surface area (Å²) in [5, 5.41) is 38.9. The Balaban J connectivity index is 2.39. The number of aliphatic carboxylic acids is 1. The summed E-state index contributed by atoms with van der Waals surface area (Å²) >= 11 is 0. The van der Waals surface area contributed by atoms with Crippen LogP contribution in [0.5, 0.6) is 0 Å². The van der Waals surface area contributed by atoms with Crippen LogP contribution in [0.4, 0.5) is 0 Å². The van der Waals surface area contributed by atoms with Gasteiger partial charge in [-0.3, -0.25) is 4.79 Å². The van der Waals surface area contributed by atoms with Crippen molar-refractivity contribution in [2.24, 2.45) is 11.8 Å². The molecular formula is C20H34O5. The second kappa shape index (κ2) is 12.2. The van der Waals surface area contributed by atoms with Gasteiger partial charge in [-0.15, -0.1) is 0 Å². The lowest BCUT2D eigenvalue weighted by Crippen LogP contribution is -2.21. The number of allylic oxidation sites excluding steroid dienone is 1. The molecule has 0 spiro atoms. The van der Waals surface area contributed by atoms with Gasteiger partial charge in [0.25, 0.3) is 0 Å². The summed E-state index contributed by atoms with van der Waals surface area (Å²) in [6.45, 7) is 2.14. The first kappa shape index (κ1) is 21.9. The molecule has 0 amide bonds. The van der Waals surface area contributed by atoms with Crippen molar-refractivity contribution in [2.45, 2.75) is 83.0 Å². The first-order chi connectivity index (χ1) is 12.0. The lowest BCUT2D eigenvalue weighted by atomic mass is 9.88. The number of carboxylic acids is 1. The van der Waals surface area contributed by atoms with E-state index in [1.54, 1.807) is 6.08 Å². The van der Waals surface area contributed by atoms with E-state index in [1.807, 2.05) is 18.2 Å². The topological polar surface area (TPSA) is 98.0 Å². The zero-order chi connectivity index (χ0) is 18.7. The molecule has 1 saturated carbocycles. The lowest BCUT2D eigenvalue weighted by Gasteiger charge is -2.21. The minimum Gasteiger partial charge on any atom is -0.481 e. The van der Waals surface area contributed by atoms with E-state index in [9.17, 15) is 20.1 Å². The van der Waals surface area contributed by atoms with E-state index in [4.69, 9.17) is 5.11 Å². The molecule has 5 atom stereocenters. The van der Waals surface area contributed by atoms with Crippen LogP contribution in [0, 0.1) is 11.8 Å². The fourth-order valence-electron chi connectivity index (χ4n) is 3.47. The second-order valence-corrected chi connectivity index (χ2v) is 7.05. The largest absolute Gasteiger partial charge is 0.481 e. The molecule has 1 rings (SSSR count). The van der Waals surface area contributed by atoms with Crippen molar-refractivity contribution in [1.29, 1.82) is 0 Å². The first-order valence-corrected chi connectivity index (χ1v) is 9.55. The van der Waals surface area contributed by atoms with E-state index in [1.165, 1.54) is 0 Å². The zero-order valence-electron chi connectivity index (χ0n) is 15.3. The molecule has 144 valence electrons. The molecule has 0 unspecified atom stereocenters. The third-order valence-corrected chi connectivity index (χ3v) is 4.92. The molecule has 0 saturated heterocycles. The van der Waals surface area contributed by atoms with Crippen LogP contribution in [0.15, 0.2) is 24.3 Å². The van der Waals surface area contributed by atoms with Gasteiger partial charge in [0.15, 0.2) is 0 Å². The molecule has 0 bridgehead atoms. The minimum absolute atomic E-state index is 0.0663. The number of hydrogen-bond donors (Lipinski definition) is 4. The number of unbranched alkanes of at least 4 members (excludes halogenated alkanes) is 3. The maximum atomic E-state index is 10.4. The zero-order valence-corrected chi connectivity index (χ0v) is 15.3. The molecule has 5 heteroatoms. The highest BCUT2D eigenvalue weighted by Crippen LogP contribution is 2.37. The average Bonchev–Trinajstić information content (AvgIpc) is 2.82. The van der Waals surface area contributed by atoms with Gasteiger partial charge in [0, 0.05) is 18.8 Å². The molecule has 25 heavy (non-hydrogen) atoms. The lowest BCUT2D eigenvalue weighted by molar-refractivity contribution is -0.137. The Morgan fingerprint density at radius 3 is 2.60 bits per heavy atom. The van der Waals surface area contributed by atoms with Crippen LogP contribution >= 0.6 is 0 Å². The standard InChI is InChI=1S/C20H34O5/c1-2-3-6-10-16-17(19(23)14-18(16)22)13-12-15(21)9-7-4-5-8-11-20(24)25/h4,7,12-13,15-19,21-23H,2-3,5-6,8-11,14H2,1H3,(H,24,25)/b7-4-,13-12+/t15-,16+,17-,18-,19+/m1/s1. The Kier molecular flexibility index (Phi) is 10.7. The van der Waals surface area contributed by atoms with Crippen molar-refractivity contribution in [2.75, 3.05) is 0 Å². The molecule has 1 aliphatic rings. The maximum Gasteiger partial charge on any atom is 0.303 e. The molecular weight excluding hydrogens is 320 g/mol. The summed E-state index contributed by atoms with van der Waals surface area (Å²) in [6.07, 6.45) is 12.2. The van der Waals surface area contributed by atoms with Gasteiger partial charge in [0.1, 0.15) is 0 Å². The van der Waals surface area contributed by atoms with Gasteiger partial charge in [0.2, 0.25) is 0 Å². The normalized spacial score (nSPS) is 28.2. The summed E-state index contributed by atoms with van der Waals surface area (Å²) in [5.41, 5.74) is 0. The molecule has 0 aliphatic heterocycles. The van der Waals surface area contributed by atoms with Gasteiger partial charge in [-0.2, -0.15) is 0 Å². The smallest absolute Gasteiger partial charge is 0.303 e. The fourth-order valence-corrected chi connectivity index (χ4v) is 3.47. The molecule has 1 fully saturated rings. The van der Waals surface area contributed by atoms with E-state index in [2.05, 4.69) is 6.92 Å². The Labute approximate surface area is 151 Å². The summed E-state index contributed by atoms with van der Waals surface area (Å²) in [6, 6.07) is 0. The van der Waals surface area contributed by atoms with E-state index >= 15 is 0 Å². The van der Waals surface area contributed by atoms with Gasteiger partial charge >= 0.3 is 5.97 Å². The quantitative estimate of drug-likeness (QED) is 0.319. The summed E-state index contributed by atoms with van der Waals surface area (Å²) in [4.78, 5) is 10.4. The van der Waals surface area contributed by atoms with E-state index in [0.29, 0.717) is 25.7 Å². The van der Waals surface area contributed by atoms with Gasteiger partial charge < -0.3 is 20.4 Å². The molecule has 1 aliphatic carbocycles. The molecule has 4 N–H and O–H groups in total. The van der Waals surface area contributed by atoms with Crippen LogP contribution in [0.3, 0.4) is 0 Å². The van der Waals surface area contributed by atoms with Crippen LogP contribution in [0.2, 0.25) is 0 Å². The van der Waals surface area contributed by atoms with E-state index in [-0.39, 0.29) is 18.3 Å². The predicted molar refractivity (Wildman–Crippen MR) is 98.1 cm³/mol. The van der Waals surface area contributed by atoms with Gasteiger partial charge in [-0.25, -0.2) is 0 Å². The minimum atomic E-state index is -0.790. The van der Waals surface area contributed by atoms with E-state index < -0.39 is 24.3 Å². The van der Waals surface area contributed by atoms with Gasteiger partial charge in [-0.05, 0) is 31.6 Å². The fraction of sp³-hybridized carbons (Fsp3) is 0.750. The van der Waals surface area contributed by atoms with Gasteiger partial charge in [-0.1, -0.05) is 50.5 Å². The van der Waals surface area contributed by atoms with Crippen molar-refractivity contribution >= 4 is 5.97 Å². The highest BCUT2D eigenvalue weighted by Gasteiger charge is 2.39. The molecule has 0 aromatic heterocycles. The van der Waals surface area contributed by atoms with Crippen molar-refractivity contribution in [1.82, 2.24) is 0 Å². The highest BCUT2D eigenvalue weighted by molar-refractivity contribution is 5.66. The van der Waals surface area contributed by atoms with Crippen molar-refractivity contribution < 1.29 is 25.2 Å². The maximum absolute atomic E-state index is 10.4. The van der Waals surface area contributed by atoms with Crippen molar-refractivity contribution in [3.63, 3.8) is 0 Å². The molecule has 0 heterocycles. The van der Waals surface area contributed by atoms with Crippen LogP contribution in [0.1, 0.15) is 64.7 Å². The van der Waals surface area contributed by atoms with Crippen molar-refractivity contribution in [3.8, 4) is 0 Å². The molecule has 0 radical (unpaired) electrons. The Morgan fingerprint density at radius 1 is 1.16 bits per heavy atom. The highest BCUT2D eigenvalue weighted by atomic mass is 16.4. The SMILES string of the molecule is CCCCC[C@H]1[C@@H](/C=C/[C@H](O)C/C=C\CCCC(=O)O)[C@@H](O)C[C@H]1O. The molecule has 5 nitrogen and oxygen atoms in total. The van der Waals surface area contributed by atoms with Crippen LogP contribution in [-0.4, -0.2) is 44.7 Å². The predicted octanol–water partition coefficient (Wildman–Crippen LogP) is 3.04. The van der Waals surface area contributed by atoms with Gasteiger partial charge in [0.05, 0.1) is 18.3 Å². The monoisotopic (exact) mass is 354 g/mol. The Hall–Kier alpha value is -1.17. The number of carboxylic acid groups (broad SMARTS) is 1. The van der Waals surface area contributed by atoms with Crippen LogP contribution in [-0.2, 0) is 4.79 Å². The molecule has 0 aromatic rings. The summed E-state index contributed by atoms with van der Waals surface area (Å²) < 4.78 is 0. The number of aliphatic hydroxyl groups excluding tert-OH is 3. The van der Waals surface area contributed by atoms with Crippen LogP contribution < -0.4 is 0 Å². The van der Waals surface area contributed by atoms with Crippen molar-refractivity contribution in [3.05, 3.63) is 24.3 Å². The first-order valence-electron chi connectivity index (χ1n) is 9.55. The van der Waals surface area contributed by atoms with Crippen LogP contribution in [0.25, 0.3) is 0 Å². The number of hydrogen-bond acceptors (Lipinski definition) is 4. The number of carbonyl (C=O) groups is 1. The third-order valence-electron chi connectivity index (χ3n) is 4.92. The number of rotatable bonds is 12. The summed E-state index contributed by atoms with van der Waals surface area (Å²) in [5.74, 6) is -0.820. The second-order valence-electron chi connectivity index (χ2n) is 7.05. The average molecular weight is 354 g/mol. The molecule has 0 aromatic carbocycles. The Morgan fingerprint density at radius 2 is 1.92 bits per heavy atom. The van der Waals surface area contributed by atoms with E-state index in [0.717, 1.165) is 25.7 Å².